The van der Waals surface area contributed by atoms with Crippen molar-refractivity contribution in [3.8, 4) is 5.88 Å². The predicted molar refractivity (Wildman–Crippen MR) is 61.1 cm³/mol. The number of pyridine rings is 1. The van der Waals surface area contributed by atoms with Crippen LogP contribution in [0.5, 0.6) is 5.88 Å². The summed E-state index contributed by atoms with van der Waals surface area (Å²) >= 11 is 0. The second kappa shape index (κ2) is 5.04. The molecule has 0 aromatic carbocycles. The van der Waals surface area contributed by atoms with Gasteiger partial charge in [-0.1, -0.05) is 19.3 Å². The van der Waals surface area contributed by atoms with E-state index in [9.17, 15) is 13.2 Å². The van der Waals surface area contributed by atoms with E-state index in [0.717, 1.165) is 18.6 Å². The minimum Gasteiger partial charge on any atom is -0.478 e. The molecule has 6 heteroatoms. The summed E-state index contributed by atoms with van der Waals surface area (Å²) < 4.78 is 42.8. The molecule has 0 spiro atoms. The van der Waals surface area contributed by atoms with Crippen LogP contribution in [0, 0.1) is 5.92 Å². The SMILES string of the molecule is Nc1cc(C(F)(F)F)cc(OCCC2CCC2)n1. The smallest absolute Gasteiger partial charge is 0.416 e. The summed E-state index contributed by atoms with van der Waals surface area (Å²) in [5.74, 6) is 0.415. The van der Waals surface area contributed by atoms with Crippen LogP contribution in [0.2, 0.25) is 0 Å². The van der Waals surface area contributed by atoms with E-state index >= 15 is 0 Å². The molecule has 0 saturated heterocycles. The third kappa shape index (κ3) is 3.27. The molecule has 1 aliphatic rings. The molecule has 2 rings (SSSR count). The fourth-order valence-corrected chi connectivity index (χ4v) is 1.88. The van der Waals surface area contributed by atoms with E-state index in [0.29, 0.717) is 12.5 Å². The zero-order valence-corrected chi connectivity index (χ0v) is 9.83. The lowest BCUT2D eigenvalue weighted by Crippen LogP contribution is -2.15. The molecule has 0 atom stereocenters. The molecule has 1 aromatic rings. The van der Waals surface area contributed by atoms with Gasteiger partial charge in [0.05, 0.1) is 12.2 Å². The molecule has 100 valence electrons. The van der Waals surface area contributed by atoms with Crippen LogP contribution in [-0.2, 0) is 6.18 Å². The number of hydrogen-bond acceptors (Lipinski definition) is 3. The van der Waals surface area contributed by atoms with Crippen LogP contribution in [0.15, 0.2) is 12.1 Å². The molecule has 18 heavy (non-hydrogen) atoms. The van der Waals surface area contributed by atoms with E-state index in [2.05, 4.69) is 4.98 Å². The van der Waals surface area contributed by atoms with Gasteiger partial charge in [-0.2, -0.15) is 18.2 Å². The summed E-state index contributed by atoms with van der Waals surface area (Å²) in [5, 5.41) is 0. The number of rotatable bonds is 4. The Morgan fingerprint density at radius 2 is 2.06 bits per heavy atom. The normalized spacial score (nSPS) is 16.4. The number of anilines is 1. The predicted octanol–water partition coefficient (Wildman–Crippen LogP) is 3.25. The van der Waals surface area contributed by atoms with Crippen molar-refractivity contribution in [1.82, 2.24) is 4.98 Å². The maximum Gasteiger partial charge on any atom is 0.416 e. The quantitative estimate of drug-likeness (QED) is 0.904. The van der Waals surface area contributed by atoms with Gasteiger partial charge in [-0.25, -0.2) is 0 Å². The Bertz CT molecular complexity index is 416. The minimum absolute atomic E-state index is 0.0540. The van der Waals surface area contributed by atoms with Crippen LogP contribution in [0.25, 0.3) is 0 Å². The van der Waals surface area contributed by atoms with Crippen LogP contribution >= 0.6 is 0 Å². The average molecular weight is 260 g/mol. The van der Waals surface area contributed by atoms with Gasteiger partial charge in [0.1, 0.15) is 5.82 Å². The van der Waals surface area contributed by atoms with E-state index in [-0.39, 0.29) is 11.7 Å². The van der Waals surface area contributed by atoms with Gasteiger partial charge in [0.15, 0.2) is 0 Å². The van der Waals surface area contributed by atoms with Crippen molar-refractivity contribution in [3.63, 3.8) is 0 Å². The monoisotopic (exact) mass is 260 g/mol. The average Bonchev–Trinajstić information content (AvgIpc) is 2.20. The molecule has 1 saturated carbocycles. The zero-order valence-electron chi connectivity index (χ0n) is 9.83. The molecule has 1 aromatic heterocycles. The van der Waals surface area contributed by atoms with Crippen LogP contribution in [0.4, 0.5) is 19.0 Å². The van der Waals surface area contributed by atoms with Gasteiger partial charge in [0.2, 0.25) is 5.88 Å². The van der Waals surface area contributed by atoms with Gasteiger partial charge in [-0.05, 0) is 18.4 Å². The van der Waals surface area contributed by atoms with Crippen molar-refractivity contribution in [2.24, 2.45) is 5.92 Å². The third-order valence-electron chi connectivity index (χ3n) is 3.15. The van der Waals surface area contributed by atoms with Crippen LogP contribution in [0.3, 0.4) is 0 Å². The molecule has 0 aliphatic heterocycles. The van der Waals surface area contributed by atoms with E-state index in [1.807, 2.05) is 0 Å². The van der Waals surface area contributed by atoms with Crippen molar-refractivity contribution in [3.05, 3.63) is 17.7 Å². The van der Waals surface area contributed by atoms with Crippen LogP contribution in [0.1, 0.15) is 31.2 Å². The standard InChI is InChI=1S/C12H15F3N2O/c13-12(14,15)9-6-10(16)17-11(7-9)18-5-4-8-2-1-3-8/h6-8H,1-5H2,(H2,16,17). The Morgan fingerprint density at radius 3 is 2.61 bits per heavy atom. The number of halogens is 3. The highest BCUT2D eigenvalue weighted by atomic mass is 19.4. The highest BCUT2D eigenvalue weighted by Gasteiger charge is 2.31. The number of nitrogens with zero attached hydrogens (tertiary/aromatic N) is 1. The molecule has 0 radical (unpaired) electrons. The Labute approximate surface area is 103 Å². The molecule has 3 nitrogen and oxygen atoms in total. The largest absolute Gasteiger partial charge is 0.478 e. The first kappa shape index (κ1) is 13.0. The fraction of sp³-hybridized carbons (Fsp3) is 0.583. The molecule has 0 bridgehead atoms. The minimum atomic E-state index is -4.43. The van der Waals surface area contributed by atoms with Gasteiger partial charge in [-0.15, -0.1) is 0 Å². The number of nitrogens with two attached hydrogens (primary N) is 1. The van der Waals surface area contributed by atoms with Crippen molar-refractivity contribution >= 4 is 5.82 Å². The Hall–Kier alpha value is -1.46. The second-order valence-corrected chi connectivity index (χ2v) is 4.55. The second-order valence-electron chi connectivity index (χ2n) is 4.55. The van der Waals surface area contributed by atoms with E-state index < -0.39 is 11.7 Å². The summed E-state index contributed by atoms with van der Waals surface area (Å²) in [7, 11) is 0. The van der Waals surface area contributed by atoms with Gasteiger partial charge in [0.25, 0.3) is 0 Å². The number of nitrogen functional groups attached to an aromatic ring is 1. The topological polar surface area (TPSA) is 48.1 Å². The summed E-state index contributed by atoms with van der Waals surface area (Å²) in [6.45, 7) is 0.387. The molecule has 1 aliphatic carbocycles. The first-order valence-electron chi connectivity index (χ1n) is 5.93. The van der Waals surface area contributed by atoms with Crippen LogP contribution < -0.4 is 10.5 Å². The van der Waals surface area contributed by atoms with E-state index in [1.54, 1.807) is 0 Å². The Morgan fingerprint density at radius 1 is 1.33 bits per heavy atom. The lowest BCUT2D eigenvalue weighted by atomic mass is 9.83. The van der Waals surface area contributed by atoms with Gasteiger partial charge in [0, 0.05) is 6.07 Å². The Kier molecular flexibility index (Phi) is 3.63. The Balaban J connectivity index is 1.96. The van der Waals surface area contributed by atoms with E-state index in [4.69, 9.17) is 10.5 Å². The van der Waals surface area contributed by atoms with E-state index in [1.165, 1.54) is 19.3 Å². The summed E-state index contributed by atoms with van der Waals surface area (Å²) in [4.78, 5) is 3.74. The number of alkyl halides is 3. The molecule has 0 amide bonds. The molecular formula is C12H15F3N2O. The molecule has 1 heterocycles. The lowest BCUT2D eigenvalue weighted by Gasteiger charge is -2.24. The van der Waals surface area contributed by atoms with Gasteiger partial charge < -0.3 is 10.5 Å². The fourth-order valence-electron chi connectivity index (χ4n) is 1.88. The van der Waals surface area contributed by atoms with Crippen LogP contribution in [-0.4, -0.2) is 11.6 Å². The van der Waals surface area contributed by atoms with Crippen molar-refractivity contribution in [2.45, 2.75) is 31.9 Å². The maximum absolute atomic E-state index is 12.5. The summed E-state index contributed by atoms with van der Waals surface area (Å²) in [6.07, 6.45) is 0.0312. The molecule has 0 unspecified atom stereocenters. The third-order valence-corrected chi connectivity index (χ3v) is 3.15. The zero-order chi connectivity index (χ0) is 13.2. The lowest BCUT2D eigenvalue weighted by molar-refractivity contribution is -0.137. The highest BCUT2D eigenvalue weighted by Crippen LogP contribution is 2.32. The summed E-state index contributed by atoms with van der Waals surface area (Å²) in [6, 6.07) is 1.69. The molecular weight excluding hydrogens is 245 g/mol. The van der Waals surface area contributed by atoms with Gasteiger partial charge >= 0.3 is 6.18 Å². The number of hydrogen-bond donors (Lipinski definition) is 1. The van der Waals surface area contributed by atoms with Crippen molar-refractivity contribution < 1.29 is 17.9 Å². The first-order chi connectivity index (χ1) is 8.45. The van der Waals surface area contributed by atoms with Crippen molar-refractivity contribution in [1.29, 1.82) is 0 Å². The summed E-state index contributed by atoms with van der Waals surface area (Å²) in [5.41, 5.74) is 4.51. The maximum atomic E-state index is 12.5. The van der Waals surface area contributed by atoms with Gasteiger partial charge in [-0.3, -0.25) is 0 Å². The number of aromatic nitrogens is 1. The van der Waals surface area contributed by atoms with Crippen molar-refractivity contribution in [2.75, 3.05) is 12.3 Å². The molecule has 2 N–H and O–H groups in total. The highest BCUT2D eigenvalue weighted by molar-refractivity contribution is 5.38. The first-order valence-corrected chi connectivity index (χ1v) is 5.93. The molecule has 1 fully saturated rings. The number of ether oxygens (including phenoxy) is 1.